The van der Waals surface area contributed by atoms with E-state index in [1.54, 1.807) is 0 Å². The van der Waals surface area contributed by atoms with Crippen LogP contribution in [0.2, 0.25) is 0 Å². The number of benzene rings is 1. The van der Waals surface area contributed by atoms with E-state index in [4.69, 9.17) is 4.74 Å². The Kier molecular flexibility index (Phi) is 5.34. The van der Waals surface area contributed by atoms with Gasteiger partial charge in [0, 0.05) is 12.1 Å². The molecule has 0 amide bonds. The smallest absolute Gasteiger partial charge is 0.125 e. The Labute approximate surface area is 128 Å². The van der Waals surface area contributed by atoms with Gasteiger partial charge in [-0.3, -0.25) is 4.90 Å². The lowest BCUT2D eigenvalue weighted by atomic mass is 10.1. The standard InChI is InChI=1S/C19H27NO/c1-3-9-17(10-4-1)19(18-11-5-6-12-18)21-16-15-20-13-7-2-8-14-20/h1,3-4,9-10H,2,5-8,11-16H2. The summed E-state index contributed by atoms with van der Waals surface area (Å²) in [6.45, 7) is 4.40. The number of nitrogens with zero attached hydrogens (tertiary/aromatic N) is 1. The normalized spacial score (nSPS) is 19.7. The van der Waals surface area contributed by atoms with Gasteiger partial charge in [-0.1, -0.05) is 36.8 Å². The summed E-state index contributed by atoms with van der Waals surface area (Å²) in [5.41, 5.74) is 2.79. The molecule has 2 heteroatoms. The van der Waals surface area contributed by atoms with Crippen molar-refractivity contribution in [3.63, 3.8) is 0 Å². The number of allylic oxidation sites excluding steroid dienone is 1. The maximum Gasteiger partial charge on any atom is 0.125 e. The van der Waals surface area contributed by atoms with E-state index in [1.807, 2.05) is 0 Å². The Hall–Kier alpha value is -1.28. The molecular formula is C19H27NO. The van der Waals surface area contributed by atoms with Crippen molar-refractivity contribution in [3.8, 4) is 0 Å². The molecule has 1 saturated carbocycles. The van der Waals surface area contributed by atoms with Crippen LogP contribution < -0.4 is 0 Å². The lowest BCUT2D eigenvalue weighted by Gasteiger charge is -2.26. The summed E-state index contributed by atoms with van der Waals surface area (Å²) in [4.78, 5) is 2.55. The molecule has 0 spiro atoms. The quantitative estimate of drug-likeness (QED) is 0.740. The first-order valence-electron chi connectivity index (χ1n) is 8.56. The topological polar surface area (TPSA) is 12.5 Å². The average molecular weight is 285 g/mol. The maximum atomic E-state index is 6.25. The highest BCUT2D eigenvalue weighted by molar-refractivity contribution is 5.63. The molecule has 0 N–H and O–H groups in total. The van der Waals surface area contributed by atoms with Crippen LogP contribution in [0.3, 0.4) is 0 Å². The summed E-state index contributed by atoms with van der Waals surface area (Å²) < 4.78 is 6.25. The Morgan fingerprint density at radius 1 is 0.905 bits per heavy atom. The highest BCUT2D eigenvalue weighted by Crippen LogP contribution is 2.32. The minimum atomic E-state index is 0.827. The predicted octanol–water partition coefficient (Wildman–Crippen LogP) is 4.47. The Morgan fingerprint density at radius 2 is 1.62 bits per heavy atom. The lowest BCUT2D eigenvalue weighted by Crippen LogP contribution is -2.32. The zero-order chi connectivity index (χ0) is 14.3. The van der Waals surface area contributed by atoms with Gasteiger partial charge in [0.2, 0.25) is 0 Å². The van der Waals surface area contributed by atoms with E-state index in [1.165, 1.54) is 74.9 Å². The lowest BCUT2D eigenvalue weighted by molar-refractivity contribution is 0.169. The van der Waals surface area contributed by atoms with E-state index >= 15 is 0 Å². The minimum Gasteiger partial charge on any atom is -0.492 e. The summed E-state index contributed by atoms with van der Waals surface area (Å²) >= 11 is 0. The van der Waals surface area contributed by atoms with Crippen molar-refractivity contribution >= 4 is 5.76 Å². The third-order valence-corrected chi connectivity index (χ3v) is 4.67. The van der Waals surface area contributed by atoms with E-state index in [-0.39, 0.29) is 0 Å². The third-order valence-electron chi connectivity index (χ3n) is 4.67. The van der Waals surface area contributed by atoms with Gasteiger partial charge in [-0.05, 0) is 57.2 Å². The Balaban J connectivity index is 1.62. The van der Waals surface area contributed by atoms with Gasteiger partial charge in [-0.2, -0.15) is 0 Å². The molecule has 0 aromatic heterocycles. The fourth-order valence-corrected chi connectivity index (χ4v) is 3.47. The minimum absolute atomic E-state index is 0.827. The molecule has 2 nitrogen and oxygen atoms in total. The average Bonchev–Trinajstić information content (AvgIpc) is 3.07. The molecule has 3 rings (SSSR count). The summed E-state index contributed by atoms with van der Waals surface area (Å²) in [5, 5.41) is 0. The van der Waals surface area contributed by atoms with E-state index in [9.17, 15) is 0 Å². The molecule has 2 aliphatic rings. The molecule has 1 aromatic carbocycles. The van der Waals surface area contributed by atoms with Gasteiger partial charge in [0.05, 0.1) is 0 Å². The van der Waals surface area contributed by atoms with Crippen LogP contribution in [-0.2, 0) is 4.74 Å². The monoisotopic (exact) mass is 285 g/mol. The molecule has 1 heterocycles. The van der Waals surface area contributed by atoms with Gasteiger partial charge in [0.25, 0.3) is 0 Å². The number of hydrogen-bond donors (Lipinski definition) is 0. The zero-order valence-corrected chi connectivity index (χ0v) is 13.0. The van der Waals surface area contributed by atoms with E-state index in [2.05, 4.69) is 35.2 Å². The van der Waals surface area contributed by atoms with Crippen molar-refractivity contribution in [2.75, 3.05) is 26.2 Å². The van der Waals surface area contributed by atoms with Crippen LogP contribution in [-0.4, -0.2) is 31.1 Å². The van der Waals surface area contributed by atoms with Crippen LogP contribution in [0.5, 0.6) is 0 Å². The number of likely N-dealkylation sites (tertiary alicyclic amines) is 1. The molecule has 1 aliphatic heterocycles. The van der Waals surface area contributed by atoms with Crippen LogP contribution in [0.1, 0.15) is 50.5 Å². The number of rotatable bonds is 5. The summed E-state index contributed by atoms with van der Waals surface area (Å²) in [7, 11) is 0. The second-order valence-corrected chi connectivity index (χ2v) is 6.26. The number of ether oxygens (including phenoxy) is 1. The molecule has 0 bridgehead atoms. The molecule has 1 aliphatic carbocycles. The first-order chi connectivity index (χ1) is 10.4. The SMILES string of the molecule is c1ccc(C(OCCN2CCCCC2)=C2CCCC2)cc1. The van der Waals surface area contributed by atoms with Crippen molar-refractivity contribution in [2.45, 2.75) is 44.9 Å². The van der Waals surface area contributed by atoms with Gasteiger partial charge in [-0.15, -0.1) is 0 Å². The number of piperidine rings is 1. The molecule has 0 unspecified atom stereocenters. The van der Waals surface area contributed by atoms with Gasteiger partial charge in [0.1, 0.15) is 12.4 Å². The second kappa shape index (κ2) is 7.65. The van der Waals surface area contributed by atoms with Crippen molar-refractivity contribution < 1.29 is 4.74 Å². The summed E-state index contributed by atoms with van der Waals surface area (Å²) in [5.74, 6) is 1.17. The molecular weight excluding hydrogens is 258 g/mol. The zero-order valence-electron chi connectivity index (χ0n) is 13.0. The van der Waals surface area contributed by atoms with Crippen LogP contribution in [0.25, 0.3) is 5.76 Å². The van der Waals surface area contributed by atoms with Crippen LogP contribution >= 0.6 is 0 Å². The molecule has 2 fully saturated rings. The summed E-state index contributed by atoms with van der Waals surface area (Å²) in [6.07, 6.45) is 9.18. The predicted molar refractivity (Wildman–Crippen MR) is 88.1 cm³/mol. The molecule has 1 saturated heterocycles. The van der Waals surface area contributed by atoms with Crippen molar-refractivity contribution in [1.29, 1.82) is 0 Å². The molecule has 114 valence electrons. The highest BCUT2D eigenvalue weighted by atomic mass is 16.5. The van der Waals surface area contributed by atoms with Gasteiger partial charge in [-0.25, -0.2) is 0 Å². The van der Waals surface area contributed by atoms with Gasteiger partial charge in [0.15, 0.2) is 0 Å². The summed E-state index contributed by atoms with van der Waals surface area (Å²) in [6, 6.07) is 10.7. The molecule has 1 aromatic rings. The molecule has 21 heavy (non-hydrogen) atoms. The first-order valence-corrected chi connectivity index (χ1v) is 8.56. The van der Waals surface area contributed by atoms with Gasteiger partial charge < -0.3 is 4.74 Å². The van der Waals surface area contributed by atoms with Crippen LogP contribution in [0.15, 0.2) is 35.9 Å². The van der Waals surface area contributed by atoms with Gasteiger partial charge >= 0.3 is 0 Å². The third kappa shape index (κ3) is 4.10. The highest BCUT2D eigenvalue weighted by Gasteiger charge is 2.16. The molecule has 0 atom stereocenters. The first kappa shape index (κ1) is 14.6. The largest absolute Gasteiger partial charge is 0.492 e. The fraction of sp³-hybridized carbons (Fsp3) is 0.579. The second-order valence-electron chi connectivity index (χ2n) is 6.26. The maximum absolute atomic E-state index is 6.25. The Bertz CT molecular complexity index is 452. The van der Waals surface area contributed by atoms with E-state index < -0.39 is 0 Å². The van der Waals surface area contributed by atoms with Crippen molar-refractivity contribution in [1.82, 2.24) is 4.90 Å². The van der Waals surface area contributed by atoms with Crippen molar-refractivity contribution in [2.24, 2.45) is 0 Å². The van der Waals surface area contributed by atoms with E-state index in [0.717, 1.165) is 13.2 Å². The van der Waals surface area contributed by atoms with Crippen molar-refractivity contribution in [3.05, 3.63) is 41.5 Å². The van der Waals surface area contributed by atoms with Crippen LogP contribution in [0, 0.1) is 0 Å². The fourth-order valence-electron chi connectivity index (χ4n) is 3.47. The molecule has 0 radical (unpaired) electrons. The van der Waals surface area contributed by atoms with E-state index in [0.29, 0.717) is 0 Å². The Morgan fingerprint density at radius 3 is 2.33 bits per heavy atom. The van der Waals surface area contributed by atoms with Crippen LogP contribution in [0.4, 0.5) is 0 Å². The number of hydrogen-bond acceptors (Lipinski definition) is 2.